The SMILES string of the molecule is CCCCCC(CCCCC)OC(=O)C[C@H](C[N+](C)(C)C)OC(=O)CC(C)C.[Cl-]. The largest absolute Gasteiger partial charge is 1.00 e. The first-order valence-electron chi connectivity index (χ1n) is 11.3. The maximum Gasteiger partial charge on any atom is 0.310 e. The standard InChI is InChI=1S/C23H46NO4.ClH/c1-8-10-12-14-20(15-13-11-9-2)27-23(26)17-21(18-24(5,6)7)28-22(25)16-19(3)4;/h19-21H,8-18H2,1-7H3;1H/q+1;/p-1/t21-;/m1./s1. The Morgan fingerprint density at radius 1 is 0.759 bits per heavy atom. The van der Waals surface area contributed by atoms with Gasteiger partial charge in [0.1, 0.15) is 12.6 Å². The summed E-state index contributed by atoms with van der Waals surface area (Å²) in [7, 11) is 6.10. The molecule has 0 aromatic heterocycles. The third kappa shape index (κ3) is 18.9. The Kier molecular flexibility index (Phi) is 17.7. The predicted octanol–water partition coefficient (Wildman–Crippen LogP) is 2.12. The van der Waals surface area contributed by atoms with Crippen LogP contribution in [0, 0.1) is 5.92 Å². The Morgan fingerprint density at radius 2 is 1.21 bits per heavy atom. The van der Waals surface area contributed by atoms with Crippen LogP contribution in [0.4, 0.5) is 0 Å². The molecule has 0 unspecified atom stereocenters. The lowest BCUT2D eigenvalue weighted by molar-refractivity contribution is -0.873. The molecule has 0 amide bonds. The number of carbonyl (C=O) groups excluding carboxylic acids is 2. The Morgan fingerprint density at radius 3 is 1.62 bits per heavy atom. The van der Waals surface area contributed by atoms with Gasteiger partial charge in [-0.25, -0.2) is 0 Å². The van der Waals surface area contributed by atoms with Gasteiger partial charge in [0.05, 0.1) is 27.6 Å². The molecule has 29 heavy (non-hydrogen) atoms. The first-order valence-corrected chi connectivity index (χ1v) is 11.3. The van der Waals surface area contributed by atoms with Crippen molar-refractivity contribution in [2.45, 2.75) is 104 Å². The molecule has 0 saturated heterocycles. The maximum absolute atomic E-state index is 12.6. The van der Waals surface area contributed by atoms with Crippen molar-refractivity contribution in [1.82, 2.24) is 0 Å². The van der Waals surface area contributed by atoms with Gasteiger partial charge in [0.25, 0.3) is 0 Å². The van der Waals surface area contributed by atoms with E-state index >= 15 is 0 Å². The molecule has 0 fully saturated rings. The molecule has 0 aliphatic carbocycles. The third-order valence-electron chi connectivity index (χ3n) is 4.58. The average Bonchev–Trinajstić information content (AvgIpc) is 2.52. The van der Waals surface area contributed by atoms with Crippen molar-refractivity contribution in [1.29, 1.82) is 0 Å². The summed E-state index contributed by atoms with van der Waals surface area (Å²) in [6, 6.07) is 0. The molecule has 1 atom stereocenters. The van der Waals surface area contributed by atoms with E-state index in [1.165, 1.54) is 12.8 Å². The van der Waals surface area contributed by atoms with E-state index in [-0.39, 0.29) is 42.8 Å². The van der Waals surface area contributed by atoms with Crippen molar-refractivity contribution < 1.29 is 36.0 Å². The van der Waals surface area contributed by atoms with Crippen LogP contribution >= 0.6 is 0 Å². The van der Waals surface area contributed by atoms with Crippen LogP contribution in [0.5, 0.6) is 0 Å². The number of likely N-dealkylation sites (N-methyl/N-ethyl adjacent to an activating group) is 1. The molecular formula is C23H46ClNO4. The lowest BCUT2D eigenvalue weighted by Gasteiger charge is -2.29. The van der Waals surface area contributed by atoms with E-state index in [4.69, 9.17) is 9.47 Å². The topological polar surface area (TPSA) is 52.6 Å². The van der Waals surface area contributed by atoms with Gasteiger partial charge >= 0.3 is 11.9 Å². The fourth-order valence-electron chi connectivity index (χ4n) is 3.25. The number of rotatable bonds is 16. The zero-order chi connectivity index (χ0) is 21.6. The van der Waals surface area contributed by atoms with E-state index in [9.17, 15) is 9.59 Å². The number of hydrogen-bond acceptors (Lipinski definition) is 4. The smallest absolute Gasteiger partial charge is 0.310 e. The van der Waals surface area contributed by atoms with Crippen molar-refractivity contribution in [3.8, 4) is 0 Å². The van der Waals surface area contributed by atoms with Crippen molar-refractivity contribution in [3.63, 3.8) is 0 Å². The monoisotopic (exact) mass is 435 g/mol. The van der Waals surface area contributed by atoms with Gasteiger partial charge in [-0.15, -0.1) is 0 Å². The summed E-state index contributed by atoms with van der Waals surface area (Å²) in [6.07, 6.45) is 8.74. The second kappa shape index (κ2) is 16.9. The third-order valence-corrected chi connectivity index (χ3v) is 4.58. The molecule has 0 spiro atoms. The van der Waals surface area contributed by atoms with Gasteiger partial charge in [-0.3, -0.25) is 9.59 Å². The van der Waals surface area contributed by atoms with Gasteiger partial charge in [0.2, 0.25) is 0 Å². The average molecular weight is 436 g/mol. The normalized spacial score (nSPS) is 12.6. The van der Waals surface area contributed by atoms with Crippen molar-refractivity contribution >= 4 is 11.9 Å². The summed E-state index contributed by atoms with van der Waals surface area (Å²) in [5.74, 6) is -0.233. The summed E-state index contributed by atoms with van der Waals surface area (Å²) in [5.41, 5.74) is 0. The molecule has 0 rings (SSSR count). The molecule has 0 saturated carbocycles. The molecule has 0 aliphatic rings. The Labute approximate surface area is 185 Å². The number of ether oxygens (including phenoxy) is 2. The van der Waals surface area contributed by atoms with Gasteiger partial charge in [-0.05, 0) is 31.6 Å². The zero-order valence-electron chi connectivity index (χ0n) is 20.0. The van der Waals surface area contributed by atoms with Crippen molar-refractivity contribution in [3.05, 3.63) is 0 Å². The van der Waals surface area contributed by atoms with E-state index in [1.54, 1.807) is 0 Å². The summed E-state index contributed by atoms with van der Waals surface area (Å²) < 4.78 is 12.1. The number of hydrogen-bond donors (Lipinski definition) is 0. The van der Waals surface area contributed by atoms with Gasteiger partial charge in [-0.1, -0.05) is 53.4 Å². The lowest BCUT2D eigenvalue weighted by atomic mass is 10.0. The van der Waals surface area contributed by atoms with Crippen LogP contribution in [-0.4, -0.2) is 56.3 Å². The van der Waals surface area contributed by atoms with E-state index in [0.717, 1.165) is 38.5 Å². The predicted molar refractivity (Wildman–Crippen MR) is 115 cm³/mol. The Hall–Kier alpha value is -0.810. The van der Waals surface area contributed by atoms with E-state index in [1.807, 2.05) is 35.0 Å². The van der Waals surface area contributed by atoms with Gasteiger partial charge < -0.3 is 26.4 Å². The minimum absolute atomic E-state index is 0. The van der Waals surface area contributed by atoms with Gasteiger partial charge in [0, 0.05) is 6.42 Å². The molecule has 174 valence electrons. The fourth-order valence-corrected chi connectivity index (χ4v) is 3.25. The fraction of sp³-hybridized carbons (Fsp3) is 0.913. The minimum atomic E-state index is -0.439. The van der Waals surface area contributed by atoms with Crippen LogP contribution < -0.4 is 12.4 Å². The first kappa shape index (κ1) is 30.4. The van der Waals surface area contributed by atoms with Crippen molar-refractivity contribution in [2.75, 3.05) is 27.7 Å². The maximum atomic E-state index is 12.6. The molecule has 0 aromatic rings. The quantitative estimate of drug-likeness (QED) is 0.212. The van der Waals surface area contributed by atoms with Crippen LogP contribution in [0.1, 0.15) is 91.9 Å². The molecule has 0 radical (unpaired) electrons. The number of quaternary nitrogens is 1. The highest BCUT2D eigenvalue weighted by atomic mass is 35.5. The zero-order valence-corrected chi connectivity index (χ0v) is 20.7. The van der Waals surface area contributed by atoms with Crippen LogP contribution in [0.3, 0.4) is 0 Å². The van der Waals surface area contributed by atoms with Crippen molar-refractivity contribution in [2.24, 2.45) is 5.92 Å². The molecule has 0 N–H and O–H groups in total. The van der Waals surface area contributed by atoms with Crippen LogP contribution in [0.2, 0.25) is 0 Å². The second-order valence-corrected chi connectivity index (χ2v) is 9.49. The van der Waals surface area contributed by atoms with E-state index in [2.05, 4.69) is 13.8 Å². The molecule has 0 heterocycles. The summed E-state index contributed by atoms with van der Waals surface area (Å²) in [6.45, 7) is 8.93. The van der Waals surface area contributed by atoms with Crippen LogP contribution in [0.25, 0.3) is 0 Å². The molecule has 6 heteroatoms. The minimum Gasteiger partial charge on any atom is -1.00 e. The highest BCUT2D eigenvalue weighted by Gasteiger charge is 2.27. The number of nitrogens with zero attached hydrogens (tertiary/aromatic N) is 1. The van der Waals surface area contributed by atoms with Crippen LogP contribution in [0.15, 0.2) is 0 Å². The molecule has 0 bridgehead atoms. The summed E-state index contributed by atoms with van der Waals surface area (Å²) in [4.78, 5) is 24.7. The highest BCUT2D eigenvalue weighted by molar-refractivity contribution is 5.72. The molecule has 0 aromatic carbocycles. The van der Waals surface area contributed by atoms with Crippen LogP contribution in [-0.2, 0) is 19.1 Å². The number of esters is 2. The Bertz CT molecular complexity index is 425. The highest BCUT2D eigenvalue weighted by Crippen LogP contribution is 2.17. The number of unbranched alkanes of at least 4 members (excludes halogenated alkanes) is 4. The Balaban J connectivity index is 0. The van der Waals surface area contributed by atoms with E-state index < -0.39 is 6.10 Å². The van der Waals surface area contributed by atoms with Gasteiger partial charge in [-0.2, -0.15) is 0 Å². The first-order chi connectivity index (χ1) is 13.1. The molecule has 0 aliphatic heterocycles. The number of carbonyl (C=O) groups is 2. The molecular weight excluding hydrogens is 390 g/mol. The summed E-state index contributed by atoms with van der Waals surface area (Å²) in [5, 5.41) is 0. The van der Waals surface area contributed by atoms with E-state index in [0.29, 0.717) is 17.4 Å². The lowest BCUT2D eigenvalue weighted by Crippen LogP contribution is -3.00. The van der Waals surface area contributed by atoms with Gasteiger partial charge in [0.15, 0.2) is 6.10 Å². The second-order valence-electron chi connectivity index (χ2n) is 9.49. The number of halogens is 1. The molecule has 5 nitrogen and oxygen atoms in total. The summed E-state index contributed by atoms with van der Waals surface area (Å²) >= 11 is 0.